The van der Waals surface area contributed by atoms with Crippen LogP contribution < -0.4 is 5.32 Å². The van der Waals surface area contributed by atoms with E-state index in [1.165, 1.54) is 35.0 Å². The molecule has 2 aromatic carbocycles. The molecule has 0 saturated carbocycles. The van der Waals surface area contributed by atoms with Crippen LogP contribution in [0.15, 0.2) is 45.8 Å². The first kappa shape index (κ1) is 16.0. The van der Waals surface area contributed by atoms with Crippen molar-refractivity contribution in [2.75, 3.05) is 11.1 Å². The average molecular weight is 368 g/mol. The molecule has 0 saturated heterocycles. The number of nitrogens with one attached hydrogen (secondary N) is 1. The summed E-state index contributed by atoms with van der Waals surface area (Å²) in [5, 5.41) is 2.58. The molecule has 0 bridgehead atoms. The molecule has 110 valence electrons. The van der Waals surface area contributed by atoms with Gasteiger partial charge in [-0.2, -0.15) is 0 Å². The normalized spacial score (nSPS) is 10.5. The van der Waals surface area contributed by atoms with Gasteiger partial charge >= 0.3 is 0 Å². The van der Waals surface area contributed by atoms with Crippen molar-refractivity contribution in [3.05, 3.63) is 57.8 Å². The van der Waals surface area contributed by atoms with Crippen LogP contribution >= 0.6 is 27.7 Å². The molecule has 2 nitrogen and oxygen atoms in total. The number of thioether (sulfide) groups is 1. The van der Waals surface area contributed by atoms with E-state index in [4.69, 9.17) is 0 Å². The van der Waals surface area contributed by atoms with Gasteiger partial charge in [-0.05, 0) is 55.3 Å². The highest BCUT2D eigenvalue weighted by molar-refractivity contribution is 9.10. The van der Waals surface area contributed by atoms with Crippen LogP contribution in [0.2, 0.25) is 0 Å². The maximum atomic E-state index is 13.6. The summed E-state index contributed by atoms with van der Waals surface area (Å²) >= 11 is 4.62. The van der Waals surface area contributed by atoms with Gasteiger partial charge in [0.05, 0.1) is 11.4 Å². The van der Waals surface area contributed by atoms with Gasteiger partial charge < -0.3 is 5.32 Å². The summed E-state index contributed by atoms with van der Waals surface area (Å²) in [6, 6.07) is 10.6. The topological polar surface area (TPSA) is 29.1 Å². The van der Waals surface area contributed by atoms with E-state index in [1.54, 1.807) is 6.07 Å². The molecular formula is C16H15BrFNOS. The number of hydrogen-bond acceptors (Lipinski definition) is 2. The standard InChI is InChI=1S/C16H15BrFNOS/c1-10-3-5-13(7-11(10)2)21-9-16(20)19-15-6-4-12(17)8-14(15)18/h3-8H,9H2,1-2H3,(H,19,20). The summed E-state index contributed by atoms with van der Waals surface area (Å²) in [5.41, 5.74) is 2.61. The molecule has 1 N–H and O–H groups in total. The zero-order valence-electron chi connectivity index (χ0n) is 11.7. The number of halogens is 2. The van der Waals surface area contributed by atoms with Gasteiger partial charge in [-0.1, -0.05) is 22.0 Å². The second kappa shape index (κ2) is 7.09. The van der Waals surface area contributed by atoms with E-state index >= 15 is 0 Å². The largest absolute Gasteiger partial charge is 0.323 e. The first-order valence-electron chi connectivity index (χ1n) is 6.40. The van der Waals surface area contributed by atoms with Gasteiger partial charge in [-0.15, -0.1) is 11.8 Å². The van der Waals surface area contributed by atoms with Crippen molar-refractivity contribution in [1.82, 2.24) is 0 Å². The van der Waals surface area contributed by atoms with Crippen molar-refractivity contribution >= 4 is 39.3 Å². The predicted octanol–water partition coefficient (Wildman–Crippen LogP) is 4.94. The second-order valence-corrected chi connectivity index (χ2v) is 6.67. The Hall–Kier alpha value is -1.33. The van der Waals surface area contributed by atoms with Crippen molar-refractivity contribution in [3.63, 3.8) is 0 Å². The highest BCUT2D eigenvalue weighted by Gasteiger charge is 2.08. The van der Waals surface area contributed by atoms with E-state index in [-0.39, 0.29) is 17.3 Å². The van der Waals surface area contributed by atoms with Crippen LogP contribution in [-0.4, -0.2) is 11.7 Å². The number of anilines is 1. The van der Waals surface area contributed by atoms with Gasteiger partial charge in [0.25, 0.3) is 0 Å². The molecule has 0 aromatic heterocycles. The predicted molar refractivity (Wildman–Crippen MR) is 89.4 cm³/mol. The lowest BCUT2D eigenvalue weighted by Gasteiger charge is -2.07. The molecule has 0 unspecified atom stereocenters. The minimum absolute atomic E-state index is 0.198. The maximum Gasteiger partial charge on any atom is 0.234 e. The van der Waals surface area contributed by atoms with E-state index in [9.17, 15) is 9.18 Å². The summed E-state index contributed by atoms with van der Waals surface area (Å²) in [4.78, 5) is 12.9. The number of aryl methyl sites for hydroxylation is 2. The Labute approximate surface area is 136 Å². The number of carbonyl (C=O) groups is 1. The Kier molecular flexibility index (Phi) is 5.42. The van der Waals surface area contributed by atoms with Crippen LogP contribution in [0, 0.1) is 19.7 Å². The van der Waals surface area contributed by atoms with Crippen LogP contribution in [0.3, 0.4) is 0 Å². The fraction of sp³-hybridized carbons (Fsp3) is 0.188. The van der Waals surface area contributed by atoms with Gasteiger partial charge in [0, 0.05) is 9.37 Å². The highest BCUT2D eigenvalue weighted by Crippen LogP contribution is 2.22. The number of hydrogen-bond donors (Lipinski definition) is 1. The second-order valence-electron chi connectivity index (χ2n) is 4.71. The van der Waals surface area contributed by atoms with E-state index in [2.05, 4.69) is 21.2 Å². The van der Waals surface area contributed by atoms with Gasteiger partial charge in [-0.3, -0.25) is 4.79 Å². The monoisotopic (exact) mass is 367 g/mol. The maximum absolute atomic E-state index is 13.6. The van der Waals surface area contributed by atoms with Gasteiger partial charge in [-0.25, -0.2) is 4.39 Å². The Morgan fingerprint density at radius 1 is 1.19 bits per heavy atom. The molecule has 0 spiro atoms. The van der Waals surface area contributed by atoms with Crippen molar-refractivity contribution < 1.29 is 9.18 Å². The lowest BCUT2D eigenvalue weighted by molar-refractivity contribution is -0.113. The smallest absolute Gasteiger partial charge is 0.234 e. The third kappa shape index (κ3) is 4.58. The number of amides is 1. The van der Waals surface area contributed by atoms with Crippen molar-refractivity contribution in [2.45, 2.75) is 18.7 Å². The van der Waals surface area contributed by atoms with Crippen molar-refractivity contribution in [1.29, 1.82) is 0 Å². The molecule has 0 atom stereocenters. The quantitative estimate of drug-likeness (QED) is 0.775. The van der Waals surface area contributed by atoms with Crippen LogP contribution in [0.1, 0.15) is 11.1 Å². The molecule has 0 fully saturated rings. The molecule has 0 aliphatic heterocycles. The minimum Gasteiger partial charge on any atom is -0.323 e. The lowest BCUT2D eigenvalue weighted by atomic mass is 10.1. The summed E-state index contributed by atoms with van der Waals surface area (Å²) in [7, 11) is 0. The van der Waals surface area contributed by atoms with Crippen LogP contribution in [-0.2, 0) is 4.79 Å². The molecule has 5 heteroatoms. The van der Waals surface area contributed by atoms with Gasteiger partial charge in [0.2, 0.25) is 5.91 Å². The number of rotatable bonds is 4. The van der Waals surface area contributed by atoms with E-state index in [0.29, 0.717) is 4.47 Å². The Morgan fingerprint density at radius 3 is 2.62 bits per heavy atom. The zero-order chi connectivity index (χ0) is 15.4. The molecule has 0 aliphatic carbocycles. The Balaban J connectivity index is 1.94. The number of benzene rings is 2. The molecule has 1 amide bonds. The Bertz CT molecular complexity index is 675. The van der Waals surface area contributed by atoms with E-state index in [0.717, 1.165) is 4.90 Å². The van der Waals surface area contributed by atoms with Crippen LogP contribution in [0.25, 0.3) is 0 Å². The molecule has 21 heavy (non-hydrogen) atoms. The molecule has 0 heterocycles. The molecular weight excluding hydrogens is 353 g/mol. The van der Waals surface area contributed by atoms with Crippen LogP contribution in [0.5, 0.6) is 0 Å². The summed E-state index contributed by atoms with van der Waals surface area (Å²) in [5.74, 6) is -0.425. The molecule has 0 aliphatic rings. The SMILES string of the molecule is Cc1ccc(SCC(=O)Nc2ccc(Br)cc2F)cc1C. The first-order chi connectivity index (χ1) is 9.95. The third-order valence-electron chi connectivity index (χ3n) is 3.05. The van der Waals surface area contributed by atoms with E-state index in [1.807, 2.05) is 32.0 Å². The lowest BCUT2D eigenvalue weighted by Crippen LogP contribution is -2.15. The highest BCUT2D eigenvalue weighted by atomic mass is 79.9. The third-order valence-corrected chi connectivity index (χ3v) is 4.54. The van der Waals surface area contributed by atoms with Crippen molar-refractivity contribution in [3.8, 4) is 0 Å². The molecule has 2 aromatic rings. The fourth-order valence-corrected chi connectivity index (χ4v) is 2.86. The van der Waals surface area contributed by atoms with Crippen LogP contribution in [0.4, 0.5) is 10.1 Å². The van der Waals surface area contributed by atoms with Gasteiger partial charge in [0.1, 0.15) is 5.82 Å². The van der Waals surface area contributed by atoms with E-state index < -0.39 is 5.82 Å². The average Bonchev–Trinajstić information content (AvgIpc) is 2.43. The summed E-state index contributed by atoms with van der Waals surface area (Å²) < 4.78 is 14.3. The Morgan fingerprint density at radius 2 is 1.95 bits per heavy atom. The molecule has 0 radical (unpaired) electrons. The van der Waals surface area contributed by atoms with Crippen molar-refractivity contribution in [2.24, 2.45) is 0 Å². The minimum atomic E-state index is -0.450. The summed E-state index contributed by atoms with van der Waals surface area (Å²) in [6.07, 6.45) is 0. The molecule has 2 rings (SSSR count). The fourth-order valence-electron chi connectivity index (χ4n) is 1.73. The first-order valence-corrected chi connectivity index (χ1v) is 8.18. The number of carbonyl (C=O) groups excluding carboxylic acids is 1. The zero-order valence-corrected chi connectivity index (χ0v) is 14.1. The summed E-state index contributed by atoms with van der Waals surface area (Å²) in [6.45, 7) is 4.09. The van der Waals surface area contributed by atoms with Gasteiger partial charge in [0.15, 0.2) is 0 Å².